The standard InChI is InChI=1S/C11H15N3OS/c15-11-10(9-2-1-5-16-9)14-4-3-12-6-8(14)7-13-11/h1-2,5,8,10,12H,3-4,6-7H2,(H,13,15). The average Bonchev–Trinajstić information content (AvgIpc) is 2.82. The van der Waals surface area contributed by atoms with Gasteiger partial charge in [-0.25, -0.2) is 0 Å². The number of carbonyl (C=O) groups excluding carboxylic acids is 1. The molecule has 3 rings (SSSR count). The number of fused-ring (bicyclic) bond motifs is 1. The number of thiophene rings is 1. The van der Waals surface area contributed by atoms with Crippen molar-refractivity contribution in [1.82, 2.24) is 15.5 Å². The number of nitrogens with zero attached hydrogens (tertiary/aromatic N) is 1. The summed E-state index contributed by atoms with van der Waals surface area (Å²) < 4.78 is 0. The molecule has 1 aromatic heterocycles. The third-order valence-electron chi connectivity index (χ3n) is 3.30. The van der Waals surface area contributed by atoms with Crippen molar-refractivity contribution in [3.8, 4) is 0 Å². The van der Waals surface area contributed by atoms with Crippen molar-refractivity contribution >= 4 is 17.2 Å². The molecule has 0 spiro atoms. The molecule has 16 heavy (non-hydrogen) atoms. The van der Waals surface area contributed by atoms with Gasteiger partial charge in [-0.2, -0.15) is 0 Å². The van der Waals surface area contributed by atoms with Gasteiger partial charge in [0.15, 0.2) is 0 Å². The van der Waals surface area contributed by atoms with Crippen molar-refractivity contribution in [2.45, 2.75) is 12.1 Å². The van der Waals surface area contributed by atoms with Crippen LogP contribution in [-0.2, 0) is 4.79 Å². The van der Waals surface area contributed by atoms with Gasteiger partial charge in [-0.15, -0.1) is 11.3 Å². The highest BCUT2D eigenvalue weighted by Crippen LogP contribution is 2.29. The monoisotopic (exact) mass is 237 g/mol. The molecule has 1 aromatic rings. The Morgan fingerprint density at radius 3 is 3.19 bits per heavy atom. The lowest BCUT2D eigenvalue weighted by molar-refractivity contribution is -0.131. The maximum Gasteiger partial charge on any atom is 0.242 e. The molecule has 0 aliphatic carbocycles. The number of carbonyl (C=O) groups is 1. The second kappa shape index (κ2) is 4.16. The van der Waals surface area contributed by atoms with Gasteiger partial charge in [-0.3, -0.25) is 9.69 Å². The van der Waals surface area contributed by atoms with Gasteiger partial charge in [-0.05, 0) is 11.4 Å². The lowest BCUT2D eigenvalue weighted by atomic mass is 10.0. The van der Waals surface area contributed by atoms with Crippen LogP contribution in [-0.4, -0.2) is 43.0 Å². The molecule has 2 aliphatic rings. The molecule has 1 amide bonds. The minimum absolute atomic E-state index is 0.0687. The molecule has 0 bridgehead atoms. The quantitative estimate of drug-likeness (QED) is 0.733. The van der Waals surface area contributed by atoms with E-state index in [0.29, 0.717) is 6.04 Å². The maximum atomic E-state index is 12.0. The van der Waals surface area contributed by atoms with Gasteiger partial charge < -0.3 is 10.6 Å². The summed E-state index contributed by atoms with van der Waals surface area (Å²) >= 11 is 1.67. The minimum atomic E-state index is -0.0687. The number of nitrogens with one attached hydrogen (secondary N) is 2. The Labute approximate surface area is 98.6 Å². The molecule has 4 nitrogen and oxygen atoms in total. The third kappa shape index (κ3) is 1.65. The van der Waals surface area contributed by atoms with E-state index in [1.807, 2.05) is 11.4 Å². The van der Waals surface area contributed by atoms with Gasteiger partial charge >= 0.3 is 0 Å². The van der Waals surface area contributed by atoms with E-state index in [-0.39, 0.29) is 11.9 Å². The topological polar surface area (TPSA) is 44.4 Å². The fourth-order valence-corrected chi connectivity index (χ4v) is 3.35. The first-order valence-electron chi connectivity index (χ1n) is 5.64. The van der Waals surface area contributed by atoms with E-state index in [1.165, 1.54) is 0 Å². The normalized spacial score (nSPS) is 30.9. The van der Waals surface area contributed by atoms with Gasteiger partial charge in [0.1, 0.15) is 6.04 Å². The fraction of sp³-hybridized carbons (Fsp3) is 0.545. The van der Waals surface area contributed by atoms with Gasteiger partial charge in [-0.1, -0.05) is 6.07 Å². The molecule has 3 heterocycles. The second-order valence-corrected chi connectivity index (χ2v) is 5.24. The molecule has 0 saturated carbocycles. The average molecular weight is 237 g/mol. The molecule has 2 N–H and O–H groups in total. The van der Waals surface area contributed by atoms with Crippen LogP contribution in [0.4, 0.5) is 0 Å². The molecule has 2 atom stereocenters. The van der Waals surface area contributed by atoms with Crippen LogP contribution in [0.1, 0.15) is 10.9 Å². The largest absolute Gasteiger partial charge is 0.353 e. The fourth-order valence-electron chi connectivity index (χ4n) is 2.51. The van der Waals surface area contributed by atoms with E-state index < -0.39 is 0 Å². The summed E-state index contributed by atoms with van der Waals surface area (Å²) in [5.41, 5.74) is 0. The Morgan fingerprint density at radius 2 is 2.38 bits per heavy atom. The van der Waals surface area contributed by atoms with E-state index in [9.17, 15) is 4.79 Å². The van der Waals surface area contributed by atoms with Crippen molar-refractivity contribution in [1.29, 1.82) is 0 Å². The minimum Gasteiger partial charge on any atom is -0.353 e. The predicted molar refractivity (Wildman–Crippen MR) is 63.4 cm³/mol. The second-order valence-electron chi connectivity index (χ2n) is 4.26. The first-order chi connectivity index (χ1) is 7.86. The van der Waals surface area contributed by atoms with Crippen LogP contribution in [0.5, 0.6) is 0 Å². The summed E-state index contributed by atoms with van der Waals surface area (Å²) in [5, 5.41) is 8.42. The highest BCUT2D eigenvalue weighted by Gasteiger charge is 2.38. The summed E-state index contributed by atoms with van der Waals surface area (Å²) in [5.74, 6) is 0.153. The molecule has 5 heteroatoms. The molecule has 2 fully saturated rings. The van der Waals surface area contributed by atoms with Crippen LogP contribution in [0, 0.1) is 0 Å². The summed E-state index contributed by atoms with van der Waals surface area (Å²) in [6.07, 6.45) is 0. The Balaban J connectivity index is 1.90. The molecule has 0 aromatic carbocycles. The smallest absolute Gasteiger partial charge is 0.242 e. The van der Waals surface area contributed by atoms with Gasteiger partial charge in [0.05, 0.1) is 0 Å². The Morgan fingerprint density at radius 1 is 1.44 bits per heavy atom. The Bertz CT molecular complexity index is 379. The number of amides is 1. The lowest BCUT2D eigenvalue weighted by Gasteiger charge is -2.44. The summed E-state index contributed by atoms with van der Waals surface area (Å²) in [6, 6.07) is 4.44. The van der Waals surface area contributed by atoms with Gasteiger partial charge in [0.2, 0.25) is 5.91 Å². The van der Waals surface area contributed by atoms with Crippen LogP contribution < -0.4 is 10.6 Å². The van der Waals surface area contributed by atoms with Gasteiger partial charge in [0.25, 0.3) is 0 Å². The predicted octanol–water partition coefficient (Wildman–Crippen LogP) is 0.193. The summed E-state index contributed by atoms with van der Waals surface area (Å²) in [4.78, 5) is 15.5. The van der Waals surface area contributed by atoms with Gasteiger partial charge in [0, 0.05) is 37.1 Å². The van der Waals surface area contributed by atoms with Crippen molar-refractivity contribution < 1.29 is 4.79 Å². The van der Waals surface area contributed by atoms with Crippen LogP contribution >= 0.6 is 11.3 Å². The lowest BCUT2D eigenvalue weighted by Crippen LogP contribution is -2.62. The molecule has 0 radical (unpaired) electrons. The van der Waals surface area contributed by atoms with Crippen molar-refractivity contribution in [2.75, 3.05) is 26.2 Å². The SMILES string of the molecule is O=C1NCC2CNCCN2C1c1cccs1. The highest BCUT2D eigenvalue weighted by atomic mass is 32.1. The Kier molecular flexibility index (Phi) is 2.67. The van der Waals surface area contributed by atoms with E-state index in [4.69, 9.17) is 0 Å². The van der Waals surface area contributed by atoms with Crippen LogP contribution in [0.15, 0.2) is 17.5 Å². The molecule has 2 unspecified atom stereocenters. The molecule has 2 saturated heterocycles. The van der Waals surface area contributed by atoms with Crippen LogP contribution in [0.2, 0.25) is 0 Å². The van der Waals surface area contributed by atoms with E-state index in [2.05, 4.69) is 21.6 Å². The number of piperazine rings is 2. The van der Waals surface area contributed by atoms with Crippen LogP contribution in [0.25, 0.3) is 0 Å². The molecular formula is C11H15N3OS. The number of hydrogen-bond donors (Lipinski definition) is 2. The Hall–Kier alpha value is -0.910. The molecule has 2 aliphatic heterocycles. The zero-order chi connectivity index (χ0) is 11.0. The number of hydrogen-bond acceptors (Lipinski definition) is 4. The van der Waals surface area contributed by atoms with Crippen molar-refractivity contribution in [3.63, 3.8) is 0 Å². The molecular weight excluding hydrogens is 222 g/mol. The third-order valence-corrected chi connectivity index (χ3v) is 4.23. The van der Waals surface area contributed by atoms with E-state index in [1.54, 1.807) is 11.3 Å². The first-order valence-corrected chi connectivity index (χ1v) is 6.52. The summed E-state index contributed by atoms with van der Waals surface area (Å²) in [7, 11) is 0. The summed E-state index contributed by atoms with van der Waals surface area (Å²) in [6.45, 7) is 3.68. The van der Waals surface area contributed by atoms with Crippen LogP contribution in [0.3, 0.4) is 0 Å². The van der Waals surface area contributed by atoms with E-state index in [0.717, 1.165) is 31.1 Å². The van der Waals surface area contributed by atoms with Crippen molar-refractivity contribution in [3.05, 3.63) is 22.4 Å². The first kappa shape index (κ1) is 10.3. The number of rotatable bonds is 1. The highest BCUT2D eigenvalue weighted by molar-refractivity contribution is 7.10. The van der Waals surface area contributed by atoms with Crippen molar-refractivity contribution in [2.24, 2.45) is 0 Å². The molecule has 86 valence electrons. The zero-order valence-electron chi connectivity index (χ0n) is 8.98. The zero-order valence-corrected chi connectivity index (χ0v) is 9.80. The van der Waals surface area contributed by atoms with E-state index >= 15 is 0 Å². The maximum absolute atomic E-state index is 12.0.